The van der Waals surface area contributed by atoms with Gasteiger partial charge in [0.05, 0.1) is 30.0 Å². The Morgan fingerprint density at radius 3 is 2.59 bits per heavy atom. The van der Waals surface area contributed by atoms with Gasteiger partial charge in [-0.05, 0) is 38.3 Å². The third-order valence-corrected chi connectivity index (χ3v) is 6.45. The molecule has 0 unspecified atom stereocenters. The molecule has 1 atom stereocenters. The summed E-state index contributed by atoms with van der Waals surface area (Å²) in [4.78, 5) is 31.6. The maximum atomic E-state index is 12.7. The van der Waals surface area contributed by atoms with Crippen LogP contribution in [0.4, 0.5) is 5.69 Å². The molecule has 9 heteroatoms. The predicted molar refractivity (Wildman–Crippen MR) is 114 cm³/mol. The predicted octanol–water partition coefficient (Wildman–Crippen LogP) is 1.65. The van der Waals surface area contributed by atoms with E-state index in [1.165, 1.54) is 6.42 Å². The number of nitrogens with zero attached hydrogens (tertiary/aromatic N) is 5. The van der Waals surface area contributed by atoms with Crippen LogP contribution in [0.25, 0.3) is 11.0 Å². The Kier molecular flexibility index (Phi) is 6.37. The normalized spacial score (nSPS) is 20.0. The zero-order valence-corrected chi connectivity index (χ0v) is 17.7. The monoisotopic (exact) mass is 416 g/mol. The molecule has 1 N–H and O–H groups in total. The lowest BCUT2D eigenvalue weighted by Gasteiger charge is -2.39. The SMILES string of the molecule is C[C@@H](C(=O)N1CCCCC1)N1CCN(CC(=O)Nc2cccc3nsnc23)CC1. The van der Waals surface area contributed by atoms with Crippen molar-refractivity contribution in [1.29, 1.82) is 0 Å². The molecule has 2 saturated heterocycles. The van der Waals surface area contributed by atoms with E-state index >= 15 is 0 Å². The number of anilines is 1. The molecule has 1 aromatic carbocycles. The van der Waals surface area contributed by atoms with Crippen LogP contribution in [0, 0.1) is 0 Å². The van der Waals surface area contributed by atoms with Crippen molar-refractivity contribution < 1.29 is 9.59 Å². The average Bonchev–Trinajstić information content (AvgIpc) is 3.24. The van der Waals surface area contributed by atoms with Crippen molar-refractivity contribution in [2.45, 2.75) is 32.2 Å². The third kappa shape index (κ3) is 4.73. The number of hydrogen-bond donors (Lipinski definition) is 1. The lowest BCUT2D eigenvalue weighted by Crippen LogP contribution is -2.55. The summed E-state index contributed by atoms with van der Waals surface area (Å²) in [7, 11) is 0. The molecule has 2 fully saturated rings. The fraction of sp³-hybridized carbons (Fsp3) is 0.600. The van der Waals surface area contributed by atoms with Crippen LogP contribution in [0.15, 0.2) is 18.2 Å². The van der Waals surface area contributed by atoms with Crippen molar-refractivity contribution in [3.63, 3.8) is 0 Å². The summed E-state index contributed by atoms with van der Waals surface area (Å²) in [6, 6.07) is 5.53. The molecule has 4 rings (SSSR count). The summed E-state index contributed by atoms with van der Waals surface area (Å²) in [6.07, 6.45) is 3.46. The Hall–Kier alpha value is -2.10. The van der Waals surface area contributed by atoms with Crippen molar-refractivity contribution in [1.82, 2.24) is 23.4 Å². The molecule has 0 saturated carbocycles. The summed E-state index contributed by atoms with van der Waals surface area (Å²) < 4.78 is 8.47. The van der Waals surface area contributed by atoms with Crippen LogP contribution in [-0.4, -0.2) is 87.1 Å². The summed E-state index contributed by atoms with van der Waals surface area (Å²) in [5, 5.41) is 2.96. The summed E-state index contributed by atoms with van der Waals surface area (Å²) in [5.74, 6) is 0.206. The van der Waals surface area contributed by atoms with E-state index in [2.05, 4.69) is 23.9 Å². The van der Waals surface area contributed by atoms with Crippen LogP contribution >= 0.6 is 11.7 Å². The molecule has 0 spiro atoms. The molecule has 2 aliphatic rings. The second-order valence-corrected chi connectivity index (χ2v) is 8.39. The molecule has 3 heterocycles. The quantitative estimate of drug-likeness (QED) is 0.798. The van der Waals surface area contributed by atoms with Gasteiger partial charge in [0.2, 0.25) is 11.8 Å². The van der Waals surface area contributed by atoms with E-state index < -0.39 is 0 Å². The number of carbonyl (C=O) groups is 2. The zero-order valence-electron chi connectivity index (χ0n) is 16.8. The van der Waals surface area contributed by atoms with Crippen LogP contribution in [0.5, 0.6) is 0 Å². The highest BCUT2D eigenvalue weighted by molar-refractivity contribution is 7.00. The highest BCUT2D eigenvalue weighted by Crippen LogP contribution is 2.21. The highest BCUT2D eigenvalue weighted by atomic mass is 32.1. The molecule has 156 valence electrons. The van der Waals surface area contributed by atoms with E-state index in [4.69, 9.17) is 0 Å². The van der Waals surface area contributed by atoms with Gasteiger partial charge in [-0.3, -0.25) is 19.4 Å². The number of likely N-dealkylation sites (tertiary alicyclic amines) is 1. The summed E-state index contributed by atoms with van der Waals surface area (Å²) >= 11 is 1.15. The first kappa shape index (κ1) is 20.2. The van der Waals surface area contributed by atoms with Gasteiger partial charge >= 0.3 is 0 Å². The minimum atomic E-state index is -0.0844. The number of rotatable bonds is 5. The van der Waals surface area contributed by atoms with E-state index in [1.54, 1.807) is 0 Å². The van der Waals surface area contributed by atoms with Crippen molar-refractivity contribution in [3.8, 4) is 0 Å². The number of amides is 2. The smallest absolute Gasteiger partial charge is 0.239 e. The number of aromatic nitrogens is 2. The maximum absolute atomic E-state index is 12.7. The molecule has 2 aromatic rings. The van der Waals surface area contributed by atoms with Crippen LogP contribution in [-0.2, 0) is 9.59 Å². The standard InChI is InChI=1S/C20H28N6O2S/c1-15(20(28)26-8-3-2-4-9-26)25-12-10-24(11-13-25)14-18(27)21-16-6-5-7-17-19(16)23-29-22-17/h5-7,15H,2-4,8-14H2,1H3,(H,21,27)/t15-/m0/s1. The number of fused-ring (bicyclic) bond motifs is 1. The van der Waals surface area contributed by atoms with Gasteiger partial charge in [0.15, 0.2) is 0 Å². The highest BCUT2D eigenvalue weighted by Gasteiger charge is 2.29. The van der Waals surface area contributed by atoms with E-state index in [-0.39, 0.29) is 17.9 Å². The average molecular weight is 417 g/mol. The van der Waals surface area contributed by atoms with E-state index in [0.29, 0.717) is 12.2 Å². The van der Waals surface area contributed by atoms with Gasteiger partial charge in [0.25, 0.3) is 0 Å². The van der Waals surface area contributed by atoms with Crippen LogP contribution < -0.4 is 5.32 Å². The number of carbonyl (C=O) groups excluding carboxylic acids is 2. The van der Waals surface area contributed by atoms with E-state index in [0.717, 1.165) is 74.9 Å². The van der Waals surface area contributed by atoms with E-state index in [1.807, 2.05) is 30.0 Å². The molecule has 2 amide bonds. The molecule has 0 bridgehead atoms. The number of nitrogens with one attached hydrogen (secondary N) is 1. The first-order valence-corrected chi connectivity index (χ1v) is 11.1. The van der Waals surface area contributed by atoms with Crippen LogP contribution in [0.1, 0.15) is 26.2 Å². The lowest BCUT2D eigenvalue weighted by molar-refractivity contribution is -0.138. The Morgan fingerprint density at radius 1 is 1.07 bits per heavy atom. The first-order valence-electron chi connectivity index (χ1n) is 10.4. The molecular weight excluding hydrogens is 388 g/mol. The Bertz CT molecular complexity index is 858. The topological polar surface area (TPSA) is 81.7 Å². The lowest BCUT2D eigenvalue weighted by atomic mass is 10.1. The Morgan fingerprint density at radius 2 is 1.83 bits per heavy atom. The van der Waals surface area contributed by atoms with Gasteiger partial charge in [-0.1, -0.05) is 6.07 Å². The second-order valence-electron chi connectivity index (χ2n) is 7.86. The minimum absolute atomic E-state index is 0.0450. The van der Waals surface area contributed by atoms with Gasteiger partial charge in [0.1, 0.15) is 11.0 Å². The van der Waals surface area contributed by atoms with E-state index in [9.17, 15) is 9.59 Å². The maximum Gasteiger partial charge on any atom is 0.239 e. The van der Waals surface area contributed by atoms with Crippen molar-refractivity contribution in [2.24, 2.45) is 0 Å². The Labute approximate surface area is 175 Å². The van der Waals surface area contributed by atoms with Gasteiger partial charge in [-0.15, -0.1) is 0 Å². The zero-order chi connectivity index (χ0) is 20.2. The molecule has 1 aromatic heterocycles. The largest absolute Gasteiger partial charge is 0.341 e. The number of benzene rings is 1. The van der Waals surface area contributed by atoms with Gasteiger partial charge in [-0.25, -0.2) is 0 Å². The second kappa shape index (κ2) is 9.15. The van der Waals surface area contributed by atoms with Crippen LogP contribution in [0.2, 0.25) is 0 Å². The Balaban J connectivity index is 1.25. The van der Waals surface area contributed by atoms with Crippen molar-refractivity contribution in [3.05, 3.63) is 18.2 Å². The van der Waals surface area contributed by atoms with Gasteiger partial charge in [0, 0.05) is 39.3 Å². The van der Waals surface area contributed by atoms with Gasteiger partial charge in [-0.2, -0.15) is 8.75 Å². The van der Waals surface area contributed by atoms with Crippen molar-refractivity contribution >= 4 is 40.3 Å². The van der Waals surface area contributed by atoms with Crippen LogP contribution in [0.3, 0.4) is 0 Å². The first-order chi connectivity index (χ1) is 14.1. The summed E-state index contributed by atoms with van der Waals surface area (Å²) in [6.45, 7) is 7.33. The molecular formula is C20H28N6O2S. The van der Waals surface area contributed by atoms with Crippen molar-refractivity contribution in [2.75, 3.05) is 51.1 Å². The molecule has 29 heavy (non-hydrogen) atoms. The third-order valence-electron chi connectivity index (χ3n) is 5.91. The minimum Gasteiger partial charge on any atom is -0.341 e. The number of hydrogen-bond acceptors (Lipinski definition) is 7. The summed E-state index contributed by atoms with van der Waals surface area (Å²) in [5.41, 5.74) is 2.25. The molecule has 0 radical (unpaired) electrons. The fourth-order valence-electron chi connectivity index (χ4n) is 4.14. The number of piperazine rings is 1. The molecule has 0 aliphatic carbocycles. The fourth-order valence-corrected chi connectivity index (χ4v) is 4.69. The number of piperidine rings is 1. The van der Waals surface area contributed by atoms with Gasteiger partial charge < -0.3 is 10.2 Å². The molecule has 8 nitrogen and oxygen atoms in total. The molecule has 2 aliphatic heterocycles.